The van der Waals surface area contributed by atoms with Crippen molar-refractivity contribution in [3.8, 4) is 0 Å². The first-order valence-electron chi connectivity index (χ1n) is 10.1. The van der Waals surface area contributed by atoms with Gasteiger partial charge in [-0.15, -0.1) is 0 Å². The van der Waals surface area contributed by atoms with E-state index in [-0.39, 0.29) is 17.4 Å². The van der Waals surface area contributed by atoms with Gasteiger partial charge in [0, 0.05) is 37.8 Å². The molecule has 1 saturated heterocycles. The molecule has 142 valence electrons. The summed E-state index contributed by atoms with van der Waals surface area (Å²) in [6.07, 6.45) is 4.48. The summed E-state index contributed by atoms with van der Waals surface area (Å²) in [5.41, 5.74) is 9.44. The van der Waals surface area contributed by atoms with Crippen molar-refractivity contribution in [3.05, 3.63) is 35.4 Å². The normalized spacial score (nSPS) is 29.1. The number of benzene rings is 1. The Morgan fingerprint density at radius 3 is 2.92 bits per heavy atom. The van der Waals surface area contributed by atoms with Crippen LogP contribution in [0.5, 0.6) is 0 Å². The second kappa shape index (κ2) is 7.29. The molecule has 1 saturated carbocycles. The number of hydrazine groups is 1. The maximum atomic E-state index is 12.9. The first-order chi connectivity index (χ1) is 12.5. The maximum Gasteiger partial charge on any atom is 0.224 e. The van der Waals surface area contributed by atoms with E-state index in [2.05, 4.69) is 59.2 Å². The molecular weight excluding hydrogens is 324 g/mol. The van der Waals surface area contributed by atoms with Crippen molar-refractivity contribution < 1.29 is 4.79 Å². The van der Waals surface area contributed by atoms with Crippen LogP contribution in [0.15, 0.2) is 24.3 Å². The van der Waals surface area contributed by atoms with Gasteiger partial charge in [-0.3, -0.25) is 20.5 Å². The minimum atomic E-state index is -0.0430. The topological polar surface area (TPSA) is 56.4 Å². The summed E-state index contributed by atoms with van der Waals surface area (Å²) in [6.45, 7) is 8.22. The third-order valence-corrected chi connectivity index (χ3v) is 6.68. The first kappa shape index (κ1) is 18.0. The van der Waals surface area contributed by atoms with Crippen LogP contribution in [0.2, 0.25) is 0 Å². The molecule has 3 aliphatic rings. The highest BCUT2D eigenvalue weighted by Gasteiger charge is 2.40. The standard InChI is InChI=1S/C21H32N4O/c1-21(2,25-11-10-15-6-3-4-7-17(15)13-25)14-22-20(26)18-9-5-8-16-12-23-24-19(16)18/h3-4,6-7,16,18-19,23-24H,5,8-14H2,1-2H3,(H,22,26). The van der Waals surface area contributed by atoms with Crippen LogP contribution in [0.4, 0.5) is 0 Å². The summed E-state index contributed by atoms with van der Waals surface area (Å²) in [6, 6.07) is 9.03. The second-order valence-electron chi connectivity index (χ2n) is 8.82. The van der Waals surface area contributed by atoms with Crippen LogP contribution in [0, 0.1) is 11.8 Å². The van der Waals surface area contributed by atoms with Gasteiger partial charge in [0.25, 0.3) is 0 Å². The Kier molecular flexibility index (Phi) is 5.04. The summed E-state index contributed by atoms with van der Waals surface area (Å²) in [5, 5.41) is 3.28. The van der Waals surface area contributed by atoms with Gasteiger partial charge in [0.05, 0.1) is 5.92 Å². The Morgan fingerprint density at radius 2 is 2.08 bits per heavy atom. The van der Waals surface area contributed by atoms with Gasteiger partial charge in [-0.1, -0.05) is 30.7 Å². The highest BCUT2D eigenvalue weighted by Crippen LogP contribution is 2.31. The Hall–Kier alpha value is -1.43. The molecule has 3 unspecified atom stereocenters. The fourth-order valence-corrected chi connectivity index (χ4v) is 4.90. The summed E-state index contributed by atoms with van der Waals surface area (Å²) >= 11 is 0. The largest absolute Gasteiger partial charge is 0.354 e. The maximum absolute atomic E-state index is 12.9. The average Bonchev–Trinajstić information content (AvgIpc) is 3.14. The number of hydrogen-bond acceptors (Lipinski definition) is 4. The molecule has 3 N–H and O–H groups in total. The Labute approximate surface area is 156 Å². The fraction of sp³-hybridized carbons (Fsp3) is 0.667. The Balaban J connectivity index is 1.35. The van der Waals surface area contributed by atoms with Crippen molar-refractivity contribution >= 4 is 5.91 Å². The number of rotatable bonds is 4. The molecule has 1 aliphatic carbocycles. The molecule has 1 amide bonds. The lowest BCUT2D eigenvalue weighted by Gasteiger charge is -2.42. The average molecular weight is 357 g/mol. The van der Waals surface area contributed by atoms with Crippen molar-refractivity contribution in [2.24, 2.45) is 11.8 Å². The summed E-state index contributed by atoms with van der Waals surface area (Å²) in [4.78, 5) is 15.4. The molecule has 5 heteroatoms. The van der Waals surface area contributed by atoms with Gasteiger partial charge < -0.3 is 5.32 Å². The molecule has 5 nitrogen and oxygen atoms in total. The monoisotopic (exact) mass is 356 g/mol. The van der Waals surface area contributed by atoms with E-state index in [0.29, 0.717) is 18.5 Å². The number of nitrogens with one attached hydrogen (secondary N) is 3. The molecule has 1 aromatic rings. The van der Waals surface area contributed by atoms with E-state index in [1.807, 2.05) is 0 Å². The first-order valence-corrected chi connectivity index (χ1v) is 10.1. The molecule has 26 heavy (non-hydrogen) atoms. The van der Waals surface area contributed by atoms with E-state index in [1.165, 1.54) is 17.5 Å². The fourth-order valence-electron chi connectivity index (χ4n) is 4.90. The zero-order chi connectivity index (χ0) is 18.1. The SMILES string of the molecule is CC(C)(CNC(=O)C1CCCC2CNNC21)N1CCc2ccccc2C1. The van der Waals surface area contributed by atoms with Crippen LogP contribution < -0.4 is 16.2 Å². The van der Waals surface area contributed by atoms with Gasteiger partial charge in [-0.2, -0.15) is 0 Å². The van der Waals surface area contributed by atoms with Gasteiger partial charge in [0.2, 0.25) is 5.91 Å². The van der Waals surface area contributed by atoms with Crippen molar-refractivity contribution in [1.82, 2.24) is 21.1 Å². The molecule has 2 fully saturated rings. The van der Waals surface area contributed by atoms with Gasteiger partial charge in [-0.05, 0) is 50.2 Å². The van der Waals surface area contributed by atoms with Crippen molar-refractivity contribution in [3.63, 3.8) is 0 Å². The summed E-state index contributed by atoms with van der Waals surface area (Å²) in [5.74, 6) is 0.925. The zero-order valence-corrected chi connectivity index (χ0v) is 16.1. The molecular formula is C21H32N4O. The van der Waals surface area contributed by atoms with E-state index >= 15 is 0 Å². The minimum absolute atomic E-state index is 0.0430. The minimum Gasteiger partial charge on any atom is -0.354 e. The van der Waals surface area contributed by atoms with Gasteiger partial charge >= 0.3 is 0 Å². The molecule has 0 aromatic heterocycles. The summed E-state index contributed by atoms with van der Waals surface area (Å²) in [7, 11) is 0. The van der Waals surface area contributed by atoms with E-state index in [1.54, 1.807) is 0 Å². The quantitative estimate of drug-likeness (QED) is 0.770. The Bertz CT molecular complexity index is 659. The zero-order valence-electron chi connectivity index (χ0n) is 16.1. The second-order valence-corrected chi connectivity index (χ2v) is 8.82. The van der Waals surface area contributed by atoms with E-state index < -0.39 is 0 Å². The van der Waals surface area contributed by atoms with Crippen LogP contribution in [0.1, 0.15) is 44.2 Å². The number of nitrogens with zero attached hydrogens (tertiary/aromatic N) is 1. The highest BCUT2D eigenvalue weighted by atomic mass is 16.2. The number of carbonyl (C=O) groups is 1. The van der Waals surface area contributed by atoms with Gasteiger partial charge in [-0.25, -0.2) is 0 Å². The van der Waals surface area contributed by atoms with Crippen LogP contribution >= 0.6 is 0 Å². The number of hydrogen-bond donors (Lipinski definition) is 3. The van der Waals surface area contributed by atoms with Gasteiger partial charge in [0.1, 0.15) is 0 Å². The van der Waals surface area contributed by atoms with Crippen molar-refractivity contribution in [2.45, 2.75) is 57.7 Å². The van der Waals surface area contributed by atoms with Gasteiger partial charge in [0.15, 0.2) is 0 Å². The number of carbonyl (C=O) groups excluding carboxylic acids is 1. The smallest absolute Gasteiger partial charge is 0.224 e. The van der Waals surface area contributed by atoms with E-state index in [0.717, 1.165) is 38.9 Å². The molecule has 0 bridgehead atoms. The molecule has 3 atom stereocenters. The van der Waals surface area contributed by atoms with Crippen LogP contribution in [-0.4, -0.2) is 42.0 Å². The van der Waals surface area contributed by atoms with Crippen molar-refractivity contribution in [1.29, 1.82) is 0 Å². The number of amides is 1. The highest BCUT2D eigenvalue weighted by molar-refractivity contribution is 5.79. The van der Waals surface area contributed by atoms with E-state index in [4.69, 9.17) is 0 Å². The molecule has 4 rings (SSSR count). The van der Waals surface area contributed by atoms with Crippen LogP contribution in [-0.2, 0) is 17.8 Å². The lowest BCUT2D eigenvalue weighted by molar-refractivity contribution is -0.127. The third kappa shape index (κ3) is 3.53. The molecule has 2 heterocycles. The van der Waals surface area contributed by atoms with Crippen LogP contribution in [0.3, 0.4) is 0 Å². The van der Waals surface area contributed by atoms with Crippen molar-refractivity contribution in [2.75, 3.05) is 19.6 Å². The molecule has 0 radical (unpaired) electrons. The molecule has 2 aliphatic heterocycles. The Morgan fingerprint density at radius 1 is 1.27 bits per heavy atom. The predicted octanol–water partition coefficient (Wildman–Crippen LogP) is 1.83. The molecule has 0 spiro atoms. The molecule has 1 aromatic carbocycles. The van der Waals surface area contributed by atoms with E-state index in [9.17, 15) is 4.79 Å². The summed E-state index contributed by atoms with van der Waals surface area (Å²) < 4.78 is 0. The number of fused-ring (bicyclic) bond motifs is 2. The van der Waals surface area contributed by atoms with Crippen LogP contribution in [0.25, 0.3) is 0 Å². The predicted molar refractivity (Wildman–Crippen MR) is 103 cm³/mol. The third-order valence-electron chi connectivity index (χ3n) is 6.68. The lowest BCUT2D eigenvalue weighted by Crippen LogP contribution is -2.55. The lowest BCUT2D eigenvalue weighted by atomic mass is 9.77.